The fourth-order valence-corrected chi connectivity index (χ4v) is 4.18. The van der Waals surface area contributed by atoms with Gasteiger partial charge in [-0.1, -0.05) is 60.7 Å². The minimum atomic E-state index is -1.41. The zero-order valence-electron chi connectivity index (χ0n) is 17.1. The van der Waals surface area contributed by atoms with E-state index in [1.807, 2.05) is 60.7 Å². The lowest BCUT2D eigenvalue weighted by Gasteiger charge is -2.29. The smallest absolute Gasteiger partial charge is 0.323 e. The molecule has 2 aliphatic heterocycles. The normalized spacial score (nSPS) is 27.9. The molecule has 1 amide bonds. The van der Waals surface area contributed by atoms with Crippen molar-refractivity contribution in [3.8, 4) is 0 Å². The predicted molar refractivity (Wildman–Crippen MR) is 109 cm³/mol. The van der Waals surface area contributed by atoms with Crippen LogP contribution in [0.5, 0.6) is 0 Å². The highest BCUT2D eigenvalue weighted by Gasteiger charge is 2.65. The van der Waals surface area contributed by atoms with Gasteiger partial charge in [0.15, 0.2) is 11.6 Å². The zero-order chi connectivity index (χ0) is 21.1. The number of esters is 1. The first-order valence-electron chi connectivity index (χ1n) is 10.1. The van der Waals surface area contributed by atoms with Gasteiger partial charge in [-0.2, -0.15) is 5.48 Å². The van der Waals surface area contributed by atoms with Crippen molar-refractivity contribution < 1.29 is 23.9 Å². The summed E-state index contributed by atoms with van der Waals surface area (Å²) in [7, 11) is 0. The van der Waals surface area contributed by atoms with Crippen LogP contribution in [-0.2, 0) is 30.5 Å². The van der Waals surface area contributed by atoms with Crippen molar-refractivity contribution in [2.45, 2.75) is 38.8 Å². The monoisotopic (exact) mass is 410 g/mol. The lowest BCUT2D eigenvalue weighted by molar-refractivity contribution is -0.165. The number of rotatable bonds is 7. The molecule has 7 heteroatoms. The van der Waals surface area contributed by atoms with Crippen LogP contribution in [0.2, 0.25) is 0 Å². The molecular formula is C23H26N2O5. The Morgan fingerprint density at radius 1 is 1.17 bits per heavy atom. The molecule has 2 aromatic carbocycles. The van der Waals surface area contributed by atoms with Crippen molar-refractivity contribution in [1.29, 1.82) is 0 Å². The van der Waals surface area contributed by atoms with E-state index >= 15 is 0 Å². The second-order valence-corrected chi connectivity index (χ2v) is 7.67. The average Bonchev–Trinajstić information content (AvgIpc) is 3.29. The molecule has 4 rings (SSSR count). The topological polar surface area (TPSA) is 77.1 Å². The molecule has 0 saturated carbocycles. The standard InChI is InChI=1S/C23H26N2O5/c1-3-28-22(27)23(2)19(24-30-14-16-10-6-4-7-11-16)18-15-29-20(25(18)21(23)26)17-12-8-5-9-13-17/h4-13,18-20,24H,3,14-15H2,1-2H3/t18-,19-,20-,23?/m1/s1. The first kappa shape index (κ1) is 20.5. The van der Waals surface area contributed by atoms with Crippen molar-refractivity contribution in [2.75, 3.05) is 13.2 Å². The van der Waals surface area contributed by atoms with Gasteiger partial charge in [0.05, 0.1) is 31.9 Å². The Bertz CT molecular complexity index is 891. The molecule has 0 radical (unpaired) electrons. The van der Waals surface area contributed by atoms with Crippen LogP contribution in [-0.4, -0.2) is 42.1 Å². The molecule has 2 aliphatic rings. The average molecular weight is 410 g/mol. The van der Waals surface area contributed by atoms with Crippen LogP contribution in [0.3, 0.4) is 0 Å². The van der Waals surface area contributed by atoms with Crippen molar-refractivity contribution in [1.82, 2.24) is 10.4 Å². The van der Waals surface area contributed by atoms with E-state index in [9.17, 15) is 9.59 Å². The van der Waals surface area contributed by atoms with Crippen molar-refractivity contribution in [3.63, 3.8) is 0 Å². The molecule has 0 spiro atoms. The largest absolute Gasteiger partial charge is 0.465 e. The molecule has 30 heavy (non-hydrogen) atoms. The van der Waals surface area contributed by atoms with E-state index in [0.717, 1.165) is 11.1 Å². The summed E-state index contributed by atoms with van der Waals surface area (Å²) in [5.41, 5.74) is 3.43. The van der Waals surface area contributed by atoms with E-state index < -0.39 is 23.7 Å². The maximum atomic E-state index is 13.5. The quantitative estimate of drug-likeness (QED) is 0.430. The van der Waals surface area contributed by atoms with E-state index in [0.29, 0.717) is 13.2 Å². The summed E-state index contributed by atoms with van der Waals surface area (Å²) < 4.78 is 11.2. The highest BCUT2D eigenvalue weighted by molar-refractivity contribution is 6.05. The van der Waals surface area contributed by atoms with Crippen LogP contribution < -0.4 is 5.48 Å². The Balaban J connectivity index is 1.59. The number of nitrogens with one attached hydrogen (secondary N) is 1. The summed E-state index contributed by atoms with van der Waals surface area (Å²) in [4.78, 5) is 33.8. The zero-order valence-corrected chi connectivity index (χ0v) is 17.1. The van der Waals surface area contributed by atoms with Gasteiger partial charge in [0.25, 0.3) is 0 Å². The lowest BCUT2D eigenvalue weighted by Crippen LogP contribution is -2.53. The highest BCUT2D eigenvalue weighted by Crippen LogP contribution is 2.46. The summed E-state index contributed by atoms with van der Waals surface area (Å²) >= 11 is 0. The molecule has 2 saturated heterocycles. The van der Waals surface area contributed by atoms with Crippen molar-refractivity contribution in [3.05, 3.63) is 71.8 Å². The molecule has 2 heterocycles. The fourth-order valence-electron chi connectivity index (χ4n) is 4.18. The van der Waals surface area contributed by atoms with Crippen LogP contribution >= 0.6 is 0 Å². The van der Waals surface area contributed by atoms with Crippen LogP contribution in [0.1, 0.15) is 31.2 Å². The van der Waals surface area contributed by atoms with Crippen molar-refractivity contribution >= 4 is 11.9 Å². The summed E-state index contributed by atoms with van der Waals surface area (Å²) in [6, 6.07) is 18.2. The third-order valence-electron chi connectivity index (χ3n) is 5.80. The molecule has 7 nitrogen and oxygen atoms in total. The fraction of sp³-hybridized carbons (Fsp3) is 0.391. The Morgan fingerprint density at radius 2 is 1.83 bits per heavy atom. The number of hydroxylamine groups is 1. The number of benzene rings is 2. The number of hydrogen-bond acceptors (Lipinski definition) is 6. The van der Waals surface area contributed by atoms with Gasteiger partial charge in [-0.15, -0.1) is 0 Å². The Morgan fingerprint density at radius 3 is 2.50 bits per heavy atom. The van der Waals surface area contributed by atoms with Gasteiger partial charge in [-0.05, 0) is 19.4 Å². The third kappa shape index (κ3) is 3.49. The summed E-state index contributed by atoms with van der Waals surface area (Å²) in [5, 5.41) is 0. The van der Waals surface area contributed by atoms with E-state index in [1.165, 1.54) is 0 Å². The molecule has 0 aliphatic carbocycles. The maximum Gasteiger partial charge on any atom is 0.323 e. The van der Waals surface area contributed by atoms with Gasteiger partial charge < -0.3 is 14.4 Å². The SMILES string of the molecule is CCOC(=O)C1(C)C(=O)N2[C@@H](c3ccccc3)OC[C@@H]2[C@H]1NOCc1ccccc1. The number of nitrogens with zero attached hydrogens (tertiary/aromatic N) is 1. The second-order valence-electron chi connectivity index (χ2n) is 7.67. The lowest BCUT2D eigenvalue weighted by atomic mass is 9.82. The summed E-state index contributed by atoms with van der Waals surface area (Å²) in [6.07, 6.45) is -0.543. The third-order valence-corrected chi connectivity index (χ3v) is 5.80. The van der Waals surface area contributed by atoms with Gasteiger partial charge in [0, 0.05) is 5.56 Å². The number of fused-ring (bicyclic) bond motifs is 1. The number of carbonyl (C=O) groups is 2. The first-order chi connectivity index (χ1) is 14.6. The summed E-state index contributed by atoms with van der Waals surface area (Å²) in [5.74, 6) is -0.880. The van der Waals surface area contributed by atoms with Crippen molar-refractivity contribution in [2.24, 2.45) is 5.41 Å². The summed E-state index contributed by atoms with van der Waals surface area (Å²) in [6.45, 7) is 4.15. The molecule has 0 bridgehead atoms. The minimum absolute atomic E-state index is 0.197. The van der Waals surface area contributed by atoms with Gasteiger partial charge in [0.1, 0.15) is 0 Å². The molecule has 4 atom stereocenters. The molecule has 2 fully saturated rings. The van der Waals surface area contributed by atoms with Crippen LogP contribution in [0.15, 0.2) is 60.7 Å². The maximum absolute atomic E-state index is 13.5. The molecule has 1 N–H and O–H groups in total. The number of ether oxygens (including phenoxy) is 2. The number of hydrogen-bond donors (Lipinski definition) is 1. The van der Waals surface area contributed by atoms with Gasteiger partial charge in [-0.3, -0.25) is 14.4 Å². The second kappa shape index (κ2) is 8.55. The van der Waals surface area contributed by atoms with Gasteiger partial charge in [-0.25, -0.2) is 0 Å². The van der Waals surface area contributed by atoms with E-state index in [2.05, 4.69) is 5.48 Å². The molecule has 1 unspecified atom stereocenters. The Kier molecular flexibility index (Phi) is 5.85. The van der Waals surface area contributed by atoms with Gasteiger partial charge in [0.2, 0.25) is 5.91 Å². The molecular weight excluding hydrogens is 384 g/mol. The highest BCUT2D eigenvalue weighted by atomic mass is 16.6. The van der Waals surface area contributed by atoms with E-state index in [4.69, 9.17) is 14.3 Å². The number of carbonyl (C=O) groups excluding carboxylic acids is 2. The number of amides is 1. The first-order valence-corrected chi connectivity index (χ1v) is 10.1. The van der Waals surface area contributed by atoms with Crippen LogP contribution in [0, 0.1) is 5.41 Å². The van der Waals surface area contributed by atoms with E-state index in [1.54, 1.807) is 18.7 Å². The molecule has 0 aromatic heterocycles. The van der Waals surface area contributed by atoms with Crippen LogP contribution in [0.25, 0.3) is 0 Å². The Hall–Kier alpha value is -2.74. The molecule has 2 aromatic rings. The Labute approximate surface area is 175 Å². The van der Waals surface area contributed by atoms with Crippen LogP contribution in [0.4, 0.5) is 0 Å². The van der Waals surface area contributed by atoms with E-state index in [-0.39, 0.29) is 18.6 Å². The van der Waals surface area contributed by atoms with Gasteiger partial charge >= 0.3 is 5.97 Å². The minimum Gasteiger partial charge on any atom is -0.465 e. The molecule has 158 valence electrons. The predicted octanol–water partition coefficient (Wildman–Crippen LogP) is 2.59.